The Morgan fingerprint density at radius 1 is 1.00 bits per heavy atom. The van der Waals surface area contributed by atoms with Crippen LogP contribution in [-0.4, -0.2) is 64.7 Å². The van der Waals surface area contributed by atoms with Crippen molar-refractivity contribution in [1.82, 2.24) is 24.2 Å². The molecule has 1 aliphatic rings. The van der Waals surface area contributed by atoms with E-state index in [0.717, 1.165) is 17.7 Å². The van der Waals surface area contributed by atoms with Gasteiger partial charge in [-0.2, -0.15) is 4.31 Å². The van der Waals surface area contributed by atoms with Crippen LogP contribution in [0.15, 0.2) is 71.8 Å². The van der Waals surface area contributed by atoms with Crippen LogP contribution >= 0.6 is 0 Å². The lowest BCUT2D eigenvalue weighted by molar-refractivity contribution is -0.125. The minimum atomic E-state index is -3.74. The molecule has 2 aromatic carbocycles. The van der Waals surface area contributed by atoms with Gasteiger partial charge >= 0.3 is 0 Å². The van der Waals surface area contributed by atoms with Gasteiger partial charge in [0.05, 0.1) is 17.6 Å². The van der Waals surface area contributed by atoms with Gasteiger partial charge in [0, 0.05) is 32.3 Å². The summed E-state index contributed by atoms with van der Waals surface area (Å²) in [5.41, 5.74) is 1.66. The van der Waals surface area contributed by atoms with Crippen molar-refractivity contribution >= 4 is 22.0 Å². The van der Waals surface area contributed by atoms with Crippen LogP contribution < -0.4 is 0 Å². The molecule has 0 N–H and O–H groups in total. The Bertz CT molecular complexity index is 1230. The van der Waals surface area contributed by atoms with Crippen LogP contribution in [0.4, 0.5) is 4.39 Å². The molecule has 8 nitrogen and oxygen atoms in total. The number of nitrogens with zero attached hydrogens (tertiary/aromatic N) is 5. The topological polar surface area (TPSA) is 88.4 Å². The lowest BCUT2D eigenvalue weighted by Crippen LogP contribution is -2.36. The first-order valence-electron chi connectivity index (χ1n) is 10.6. The van der Waals surface area contributed by atoms with Crippen LogP contribution in [0, 0.1) is 5.82 Å². The molecule has 4 rings (SSSR count). The van der Waals surface area contributed by atoms with E-state index in [-0.39, 0.29) is 23.9 Å². The summed E-state index contributed by atoms with van der Waals surface area (Å²) >= 11 is 0. The van der Waals surface area contributed by atoms with Gasteiger partial charge in [0.2, 0.25) is 15.9 Å². The van der Waals surface area contributed by atoms with Gasteiger partial charge in [0.1, 0.15) is 11.5 Å². The van der Waals surface area contributed by atoms with Gasteiger partial charge in [-0.1, -0.05) is 35.5 Å². The maximum Gasteiger partial charge on any atom is 0.246 e. The third-order valence-corrected chi connectivity index (χ3v) is 7.27. The van der Waals surface area contributed by atoms with Crippen molar-refractivity contribution in [3.05, 3.63) is 83.9 Å². The molecular formula is C23H24FN5O3S. The van der Waals surface area contributed by atoms with Crippen molar-refractivity contribution in [3.8, 4) is 0 Å². The maximum absolute atomic E-state index is 13.1. The Hall–Kier alpha value is -3.37. The van der Waals surface area contributed by atoms with E-state index in [1.807, 2.05) is 30.3 Å². The second kappa shape index (κ2) is 10.1. The molecule has 1 aliphatic heterocycles. The van der Waals surface area contributed by atoms with E-state index >= 15 is 0 Å². The minimum absolute atomic E-state index is 0.0437. The quantitative estimate of drug-likeness (QED) is 0.518. The molecule has 3 aromatic rings. The zero-order valence-corrected chi connectivity index (χ0v) is 18.7. The Balaban J connectivity index is 1.35. The molecule has 33 heavy (non-hydrogen) atoms. The molecule has 0 atom stereocenters. The molecule has 0 bridgehead atoms. The summed E-state index contributed by atoms with van der Waals surface area (Å²) in [5.74, 6) is -0.706. The zero-order chi connectivity index (χ0) is 23.3. The second-order valence-corrected chi connectivity index (χ2v) is 9.63. The molecule has 1 saturated heterocycles. The Morgan fingerprint density at radius 3 is 2.52 bits per heavy atom. The molecule has 2 heterocycles. The van der Waals surface area contributed by atoms with Crippen molar-refractivity contribution in [2.45, 2.75) is 17.9 Å². The van der Waals surface area contributed by atoms with Crippen LogP contribution in [0.1, 0.15) is 17.7 Å². The predicted molar refractivity (Wildman–Crippen MR) is 121 cm³/mol. The van der Waals surface area contributed by atoms with E-state index < -0.39 is 15.8 Å². The number of carbonyl (C=O) groups excluding carboxylic acids is 1. The van der Waals surface area contributed by atoms with E-state index in [2.05, 4.69) is 10.3 Å². The molecule has 0 radical (unpaired) electrons. The van der Waals surface area contributed by atoms with Gasteiger partial charge in [-0.3, -0.25) is 4.79 Å². The molecule has 0 unspecified atom stereocenters. The minimum Gasteiger partial charge on any atom is -0.338 e. The first-order chi connectivity index (χ1) is 15.9. The SMILES string of the molecule is O=C(C=Cc1cn(Cc2ccccc2)nn1)N1CCCN(S(=O)(=O)c2ccc(F)cc2)CC1. The van der Waals surface area contributed by atoms with Gasteiger partial charge in [-0.25, -0.2) is 17.5 Å². The van der Waals surface area contributed by atoms with Gasteiger partial charge in [0.15, 0.2) is 0 Å². The van der Waals surface area contributed by atoms with Crippen molar-refractivity contribution in [1.29, 1.82) is 0 Å². The van der Waals surface area contributed by atoms with Gasteiger partial charge in [0.25, 0.3) is 0 Å². The van der Waals surface area contributed by atoms with Crippen molar-refractivity contribution in [2.24, 2.45) is 0 Å². The summed E-state index contributed by atoms with van der Waals surface area (Å²) in [6.45, 7) is 1.76. The Morgan fingerprint density at radius 2 is 1.76 bits per heavy atom. The Kier molecular flexibility index (Phi) is 6.95. The first-order valence-corrected chi connectivity index (χ1v) is 12.0. The molecule has 0 spiro atoms. The largest absolute Gasteiger partial charge is 0.338 e. The number of hydrogen-bond donors (Lipinski definition) is 0. The zero-order valence-electron chi connectivity index (χ0n) is 17.9. The van der Waals surface area contributed by atoms with Crippen LogP contribution in [-0.2, 0) is 21.4 Å². The first kappa shape index (κ1) is 22.8. The number of sulfonamides is 1. The average molecular weight is 470 g/mol. The number of rotatable bonds is 6. The molecule has 0 aliphatic carbocycles. The smallest absolute Gasteiger partial charge is 0.246 e. The van der Waals surface area contributed by atoms with Crippen LogP contribution in [0.25, 0.3) is 6.08 Å². The summed E-state index contributed by atoms with van der Waals surface area (Å²) in [6.07, 6.45) is 5.30. The number of aromatic nitrogens is 3. The van der Waals surface area contributed by atoms with E-state index in [9.17, 15) is 17.6 Å². The predicted octanol–water partition coefficient (Wildman–Crippen LogP) is 2.40. The van der Waals surface area contributed by atoms with Crippen molar-refractivity contribution in [2.75, 3.05) is 26.2 Å². The highest BCUT2D eigenvalue weighted by Crippen LogP contribution is 2.18. The summed E-state index contributed by atoms with van der Waals surface area (Å²) in [6, 6.07) is 14.6. The maximum atomic E-state index is 13.1. The van der Waals surface area contributed by atoms with Crippen molar-refractivity contribution in [3.63, 3.8) is 0 Å². The number of amides is 1. The van der Waals surface area contributed by atoms with Crippen LogP contribution in [0.5, 0.6) is 0 Å². The fraction of sp³-hybridized carbons (Fsp3) is 0.261. The molecule has 1 fully saturated rings. The number of halogens is 1. The van der Waals surface area contributed by atoms with Gasteiger partial charge < -0.3 is 4.90 Å². The molecule has 0 saturated carbocycles. The highest BCUT2D eigenvalue weighted by atomic mass is 32.2. The summed E-state index contributed by atoms with van der Waals surface area (Å²) in [7, 11) is -3.74. The van der Waals surface area contributed by atoms with Crippen molar-refractivity contribution < 1.29 is 17.6 Å². The van der Waals surface area contributed by atoms with E-state index in [1.165, 1.54) is 22.5 Å². The third-order valence-electron chi connectivity index (χ3n) is 5.36. The molecule has 172 valence electrons. The van der Waals surface area contributed by atoms with E-state index in [4.69, 9.17) is 0 Å². The lowest BCUT2D eigenvalue weighted by Gasteiger charge is -2.21. The molecule has 10 heteroatoms. The summed E-state index contributed by atoms with van der Waals surface area (Å²) in [5, 5.41) is 8.16. The Labute approximate surface area is 192 Å². The van der Waals surface area contributed by atoms with Crippen LogP contribution in [0.2, 0.25) is 0 Å². The fourth-order valence-corrected chi connectivity index (χ4v) is 5.08. The van der Waals surface area contributed by atoms with Crippen LogP contribution in [0.3, 0.4) is 0 Å². The van der Waals surface area contributed by atoms with Gasteiger partial charge in [-0.15, -0.1) is 5.10 Å². The number of hydrogen-bond acceptors (Lipinski definition) is 5. The summed E-state index contributed by atoms with van der Waals surface area (Å²) < 4.78 is 41.9. The summed E-state index contributed by atoms with van der Waals surface area (Å²) in [4.78, 5) is 14.3. The second-order valence-electron chi connectivity index (χ2n) is 7.70. The third kappa shape index (κ3) is 5.71. The molecular weight excluding hydrogens is 445 g/mol. The lowest BCUT2D eigenvalue weighted by atomic mass is 10.2. The highest BCUT2D eigenvalue weighted by Gasteiger charge is 2.27. The average Bonchev–Trinajstić information content (AvgIpc) is 3.10. The van der Waals surface area contributed by atoms with Gasteiger partial charge in [-0.05, 0) is 42.3 Å². The monoisotopic (exact) mass is 469 g/mol. The standard InChI is InChI=1S/C23H24FN5O3S/c24-20-7-10-22(11-8-20)33(31,32)29-14-4-13-27(15-16-29)23(30)12-9-21-18-28(26-25-21)17-19-5-2-1-3-6-19/h1-3,5-12,18H,4,13-17H2. The highest BCUT2D eigenvalue weighted by molar-refractivity contribution is 7.89. The molecule has 1 amide bonds. The fourth-order valence-electron chi connectivity index (χ4n) is 3.61. The number of benzene rings is 2. The molecule has 1 aromatic heterocycles. The van der Waals surface area contributed by atoms with E-state index in [0.29, 0.717) is 31.7 Å². The number of carbonyl (C=O) groups is 1. The normalized spacial score (nSPS) is 15.6. The van der Waals surface area contributed by atoms with E-state index in [1.54, 1.807) is 21.9 Å².